The van der Waals surface area contributed by atoms with Gasteiger partial charge in [-0.1, -0.05) is 12.1 Å². The molecule has 4 nitrogen and oxygen atoms in total. The van der Waals surface area contributed by atoms with Crippen molar-refractivity contribution >= 4 is 5.97 Å². The van der Waals surface area contributed by atoms with Crippen LogP contribution >= 0.6 is 0 Å². The van der Waals surface area contributed by atoms with Crippen LogP contribution in [-0.4, -0.2) is 24.3 Å². The molecule has 4 heteroatoms. The van der Waals surface area contributed by atoms with Crippen molar-refractivity contribution in [2.45, 2.75) is 18.9 Å². The van der Waals surface area contributed by atoms with E-state index in [0.29, 0.717) is 17.4 Å². The standard InChI is InChI=1S/C17H16O4/c1-20-14-8-9-15(16(10-14)17(18)19)11-2-4-12(5-3-11)21-13-6-7-13/h2-5,8-10,13H,6-7H2,1H3,(H,18,19). The largest absolute Gasteiger partial charge is 0.497 e. The molecule has 0 spiro atoms. The first-order chi connectivity index (χ1) is 10.2. The molecule has 1 aliphatic rings. The van der Waals surface area contributed by atoms with Crippen LogP contribution in [0.3, 0.4) is 0 Å². The quantitative estimate of drug-likeness (QED) is 0.911. The Morgan fingerprint density at radius 1 is 1.10 bits per heavy atom. The zero-order chi connectivity index (χ0) is 14.8. The molecule has 0 saturated heterocycles. The maximum absolute atomic E-state index is 11.4. The van der Waals surface area contributed by atoms with E-state index in [-0.39, 0.29) is 5.56 Å². The van der Waals surface area contributed by atoms with Gasteiger partial charge in [-0.15, -0.1) is 0 Å². The Kier molecular flexibility index (Phi) is 3.52. The Balaban J connectivity index is 1.92. The number of carboxylic acids is 1. The van der Waals surface area contributed by atoms with E-state index in [4.69, 9.17) is 9.47 Å². The third-order valence-electron chi connectivity index (χ3n) is 3.45. The molecule has 0 aromatic heterocycles. The second-order valence-electron chi connectivity index (χ2n) is 5.06. The summed E-state index contributed by atoms with van der Waals surface area (Å²) >= 11 is 0. The van der Waals surface area contributed by atoms with Crippen LogP contribution in [0.4, 0.5) is 0 Å². The average Bonchev–Trinajstić information content (AvgIpc) is 3.31. The molecule has 2 aromatic rings. The summed E-state index contributed by atoms with van der Waals surface area (Å²) in [6, 6.07) is 12.6. The Morgan fingerprint density at radius 2 is 1.76 bits per heavy atom. The van der Waals surface area contributed by atoms with E-state index in [2.05, 4.69) is 0 Å². The second-order valence-corrected chi connectivity index (χ2v) is 5.06. The SMILES string of the molecule is COc1ccc(-c2ccc(OC3CC3)cc2)c(C(=O)O)c1. The summed E-state index contributed by atoms with van der Waals surface area (Å²) in [4.78, 5) is 11.4. The highest BCUT2D eigenvalue weighted by molar-refractivity contribution is 5.96. The zero-order valence-corrected chi connectivity index (χ0v) is 11.7. The summed E-state index contributed by atoms with van der Waals surface area (Å²) in [5, 5.41) is 9.35. The molecule has 1 N–H and O–H groups in total. The first-order valence-corrected chi connectivity index (χ1v) is 6.86. The summed E-state index contributed by atoms with van der Waals surface area (Å²) in [7, 11) is 1.52. The summed E-state index contributed by atoms with van der Waals surface area (Å²) < 4.78 is 10.8. The molecule has 0 bridgehead atoms. The summed E-state index contributed by atoms with van der Waals surface area (Å²) in [6.07, 6.45) is 2.58. The van der Waals surface area contributed by atoms with Crippen LogP contribution in [0.5, 0.6) is 11.5 Å². The van der Waals surface area contributed by atoms with Gasteiger partial charge in [0.1, 0.15) is 11.5 Å². The van der Waals surface area contributed by atoms with Gasteiger partial charge >= 0.3 is 5.97 Å². The van der Waals surface area contributed by atoms with E-state index in [1.54, 1.807) is 12.1 Å². The highest BCUT2D eigenvalue weighted by Gasteiger charge is 2.23. The number of aromatic carboxylic acids is 1. The van der Waals surface area contributed by atoms with E-state index in [9.17, 15) is 9.90 Å². The Bertz CT molecular complexity index is 657. The Morgan fingerprint density at radius 3 is 2.33 bits per heavy atom. The lowest BCUT2D eigenvalue weighted by atomic mass is 9.99. The smallest absolute Gasteiger partial charge is 0.336 e. The number of carbonyl (C=O) groups is 1. The lowest BCUT2D eigenvalue weighted by molar-refractivity contribution is 0.0697. The van der Waals surface area contributed by atoms with Crippen molar-refractivity contribution in [3.05, 3.63) is 48.0 Å². The molecule has 1 saturated carbocycles. The fourth-order valence-corrected chi connectivity index (χ4v) is 2.17. The molecule has 3 rings (SSSR count). The van der Waals surface area contributed by atoms with Crippen molar-refractivity contribution in [1.82, 2.24) is 0 Å². The molecule has 2 aromatic carbocycles. The van der Waals surface area contributed by atoms with Crippen molar-refractivity contribution in [2.75, 3.05) is 7.11 Å². The molecular formula is C17H16O4. The molecule has 108 valence electrons. The lowest BCUT2D eigenvalue weighted by Gasteiger charge is -2.10. The van der Waals surface area contributed by atoms with Gasteiger partial charge in [0.2, 0.25) is 0 Å². The molecule has 0 amide bonds. The van der Waals surface area contributed by atoms with Crippen molar-refractivity contribution < 1.29 is 19.4 Å². The number of methoxy groups -OCH3 is 1. The van der Waals surface area contributed by atoms with E-state index in [0.717, 1.165) is 24.2 Å². The summed E-state index contributed by atoms with van der Waals surface area (Å²) in [5.41, 5.74) is 1.74. The van der Waals surface area contributed by atoms with Gasteiger partial charge in [0.25, 0.3) is 0 Å². The topological polar surface area (TPSA) is 55.8 Å². The minimum Gasteiger partial charge on any atom is -0.497 e. The molecule has 0 radical (unpaired) electrons. The Labute approximate surface area is 122 Å². The molecule has 0 aliphatic heterocycles. The second kappa shape index (κ2) is 5.48. The van der Waals surface area contributed by atoms with Crippen LogP contribution in [0, 0.1) is 0 Å². The van der Waals surface area contributed by atoms with E-state index in [1.807, 2.05) is 24.3 Å². The summed E-state index contributed by atoms with van der Waals surface area (Å²) in [5.74, 6) is 0.388. The molecule has 21 heavy (non-hydrogen) atoms. The van der Waals surface area contributed by atoms with Gasteiger partial charge in [-0.2, -0.15) is 0 Å². The predicted octanol–water partition coefficient (Wildman–Crippen LogP) is 3.60. The van der Waals surface area contributed by atoms with Gasteiger partial charge in [0.05, 0.1) is 18.8 Å². The van der Waals surface area contributed by atoms with Crippen LogP contribution in [-0.2, 0) is 0 Å². The molecule has 0 unspecified atom stereocenters. The van der Waals surface area contributed by atoms with Crippen molar-refractivity contribution in [1.29, 1.82) is 0 Å². The van der Waals surface area contributed by atoms with E-state index in [1.165, 1.54) is 13.2 Å². The van der Waals surface area contributed by atoms with Crippen molar-refractivity contribution in [3.63, 3.8) is 0 Å². The van der Waals surface area contributed by atoms with Gasteiger partial charge in [0.15, 0.2) is 0 Å². The average molecular weight is 284 g/mol. The minimum atomic E-state index is -0.970. The van der Waals surface area contributed by atoms with Crippen LogP contribution in [0.15, 0.2) is 42.5 Å². The molecule has 0 atom stereocenters. The van der Waals surface area contributed by atoms with Crippen LogP contribution < -0.4 is 9.47 Å². The maximum Gasteiger partial charge on any atom is 0.336 e. The molecule has 1 aliphatic carbocycles. The van der Waals surface area contributed by atoms with Gasteiger partial charge in [-0.25, -0.2) is 4.79 Å². The lowest BCUT2D eigenvalue weighted by Crippen LogP contribution is -2.00. The van der Waals surface area contributed by atoms with Gasteiger partial charge in [-0.3, -0.25) is 0 Å². The van der Waals surface area contributed by atoms with E-state index < -0.39 is 5.97 Å². The minimum absolute atomic E-state index is 0.227. The van der Waals surface area contributed by atoms with Crippen LogP contribution in [0.25, 0.3) is 11.1 Å². The third kappa shape index (κ3) is 2.99. The third-order valence-corrected chi connectivity index (χ3v) is 3.45. The first-order valence-electron chi connectivity index (χ1n) is 6.86. The number of ether oxygens (including phenoxy) is 2. The van der Waals surface area contributed by atoms with Gasteiger partial charge < -0.3 is 14.6 Å². The number of hydrogen-bond donors (Lipinski definition) is 1. The van der Waals surface area contributed by atoms with Crippen molar-refractivity contribution in [3.8, 4) is 22.6 Å². The normalized spacial score (nSPS) is 13.8. The first kappa shape index (κ1) is 13.5. The number of carboxylic acid groups (broad SMARTS) is 1. The maximum atomic E-state index is 11.4. The number of rotatable bonds is 5. The monoisotopic (exact) mass is 284 g/mol. The van der Waals surface area contributed by atoms with Crippen LogP contribution in [0.2, 0.25) is 0 Å². The summed E-state index contributed by atoms with van der Waals surface area (Å²) in [6.45, 7) is 0. The van der Waals surface area contributed by atoms with Crippen LogP contribution in [0.1, 0.15) is 23.2 Å². The van der Waals surface area contributed by atoms with Gasteiger partial charge in [-0.05, 0) is 54.3 Å². The number of benzene rings is 2. The highest BCUT2D eigenvalue weighted by Crippen LogP contribution is 2.31. The predicted molar refractivity (Wildman–Crippen MR) is 79.0 cm³/mol. The van der Waals surface area contributed by atoms with Crippen molar-refractivity contribution in [2.24, 2.45) is 0 Å². The zero-order valence-electron chi connectivity index (χ0n) is 11.7. The molecule has 0 heterocycles. The molecule has 1 fully saturated rings. The highest BCUT2D eigenvalue weighted by atomic mass is 16.5. The molecular weight excluding hydrogens is 268 g/mol. The van der Waals surface area contributed by atoms with E-state index >= 15 is 0 Å². The number of hydrogen-bond acceptors (Lipinski definition) is 3. The fraction of sp³-hybridized carbons (Fsp3) is 0.235. The fourth-order valence-electron chi connectivity index (χ4n) is 2.17. The van der Waals surface area contributed by atoms with Gasteiger partial charge in [0, 0.05) is 0 Å². The Hall–Kier alpha value is -2.49.